The third kappa shape index (κ3) is 3.69. The maximum absolute atomic E-state index is 12.7. The molecule has 4 heteroatoms. The second-order valence-electron chi connectivity index (χ2n) is 5.31. The predicted octanol–water partition coefficient (Wildman–Crippen LogP) is 3.40. The summed E-state index contributed by atoms with van der Waals surface area (Å²) < 4.78 is 26.7. The minimum atomic E-state index is -3.63. The summed E-state index contributed by atoms with van der Waals surface area (Å²) in [5.41, 5.74) is 1.80. The maximum Gasteiger partial charge on any atom is 0.271 e. The van der Waals surface area contributed by atoms with Crippen molar-refractivity contribution in [2.75, 3.05) is 0 Å². The molecule has 0 bridgehead atoms. The van der Waals surface area contributed by atoms with Crippen LogP contribution in [0.25, 0.3) is 0 Å². The molecule has 0 saturated heterocycles. The van der Waals surface area contributed by atoms with Gasteiger partial charge in [0.2, 0.25) is 0 Å². The van der Waals surface area contributed by atoms with Crippen molar-refractivity contribution in [1.82, 2.24) is 4.31 Å². The van der Waals surface area contributed by atoms with Crippen LogP contribution in [0.3, 0.4) is 0 Å². The SMILES string of the molecule is Cc1ccc(S(=O)(=O)N(C#Cc2ccccc2)C(C)C)cc1. The summed E-state index contributed by atoms with van der Waals surface area (Å²) in [7, 11) is -3.63. The van der Waals surface area contributed by atoms with Gasteiger partial charge in [-0.1, -0.05) is 35.9 Å². The van der Waals surface area contributed by atoms with E-state index in [0.29, 0.717) is 0 Å². The molecular formula is C18H19NO2S. The standard InChI is InChI=1S/C18H19NO2S/c1-15(2)19(14-13-17-7-5-4-6-8-17)22(20,21)18-11-9-16(3)10-12-18/h4-12,15H,1-3H3. The van der Waals surface area contributed by atoms with E-state index in [9.17, 15) is 8.42 Å². The Morgan fingerprint density at radius 1 is 0.955 bits per heavy atom. The summed E-state index contributed by atoms with van der Waals surface area (Å²) in [6.07, 6.45) is 0. The molecule has 0 fully saturated rings. The molecule has 0 atom stereocenters. The van der Waals surface area contributed by atoms with E-state index in [1.54, 1.807) is 24.3 Å². The third-order valence-corrected chi connectivity index (χ3v) is 5.03. The zero-order chi connectivity index (χ0) is 16.2. The minimum Gasteiger partial charge on any atom is -0.222 e. The van der Waals surface area contributed by atoms with Gasteiger partial charge in [-0.25, -0.2) is 12.7 Å². The molecule has 0 saturated carbocycles. The average Bonchev–Trinajstić information content (AvgIpc) is 2.48. The molecule has 0 radical (unpaired) electrons. The normalized spacial score (nSPS) is 10.9. The first-order valence-corrected chi connectivity index (χ1v) is 8.53. The molecule has 0 N–H and O–H groups in total. The summed E-state index contributed by atoms with van der Waals surface area (Å²) in [6.45, 7) is 5.54. The second-order valence-corrected chi connectivity index (χ2v) is 7.13. The first-order valence-electron chi connectivity index (χ1n) is 7.09. The highest BCUT2D eigenvalue weighted by Crippen LogP contribution is 2.18. The summed E-state index contributed by atoms with van der Waals surface area (Å²) in [6, 6.07) is 18.7. The van der Waals surface area contributed by atoms with Crippen LogP contribution in [0.4, 0.5) is 0 Å². The van der Waals surface area contributed by atoms with Crippen LogP contribution in [0.2, 0.25) is 0 Å². The van der Waals surface area contributed by atoms with Crippen LogP contribution in [0, 0.1) is 18.9 Å². The zero-order valence-corrected chi connectivity index (χ0v) is 13.8. The van der Waals surface area contributed by atoms with Crippen LogP contribution in [0.15, 0.2) is 59.5 Å². The Kier molecular flexibility index (Phi) is 4.89. The summed E-state index contributed by atoms with van der Waals surface area (Å²) in [5, 5.41) is 0. The second kappa shape index (κ2) is 6.67. The van der Waals surface area contributed by atoms with Crippen LogP contribution in [0.5, 0.6) is 0 Å². The molecule has 0 spiro atoms. The van der Waals surface area contributed by atoms with E-state index >= 15 is 0 Å². The van der Waals surface area contributed by atoms with Crippen molar-refractivity contribution >= 4 is 10.0 Å². The minimum absolute atomic E-state index is 0.248. The van der Waals surface area contributed by atoms with Crippen molar-refractivity contribution in [1.29, 1.82) is 0 Å². The van der Waals surface area contributed by atoms with Crippen molar-refractivity contribution in [2.45, 2.75) is 31.7 Å². The fourth-order valence-corrected chi connectivity index (χ4v) is 3.36. The molecule has 114 valence electrons. The smallest absolute Gasteiger partial charge is 0.222 e. The number of hydrogen-bond donors (Lipinski definition) is 0. The van der Waals surface area contributed by atoms with Crippen LogP contribution < -0.4 is 0 Å². The molecule has 0 amide bonds. The number of rotatable bonds is 3. The Balaban J connectivity index is 2.40. The van der Waals surface area contributed by atoms with Crippen molar-refractivity contribution in [3.8, 4) is 12.0 Å². The van der Waals surface area contributed by atoms with Gasteiger partial charge >= 0.3 is 0 Å². The lowest BCUT2D eigenvalue weighted by Gasteiger charge is -2.21. The Morgan fingerprint density at radius 3 is 2.09 bits per heavy atom. The largest absolute Gasteiger partial charge is 0.271 e. The highest BCUT2D eigenvalue weighted by atomic mass is 32.2. The van der Waals surface area contributed by atoms with Gasteiger partial charge in [-0.15, -0.1) is 0 Å². The van der Waals surface area contributed by atoms with E-state index in [1.807, 2.05) is 51.1 Å². The Labute approximate surface area is 132 Å². The van der Waals surface area contributed by atoms with Crippen LogP contribution in [0.1, 0.15) is 25.0 Å². The molecule has 2 aromatic rings. The van der Waals surface area contributed by atoms with E-state index in [-0.39, 0.29) is 10.9 Å². The van der Waals surface area contributed by atoms with Gasteiger partial charge in [0.15, 0.2) is 0 Å². The van der Waals surface area contributed by atoms with E-state index in [2.05, 4.69) is 12.0 Å². The van der Waals surface area contributed by atoms with Gasteiger partial charge in [-0.3, -0.25) is 0 Å². The lowest BCUT2D eigenvalue weighted by atomic mass is 10.2. The molecule has 0 aliphatic carbocycles. The third-order valence-electron chi connectivity index (χ3n) is 3.13. The highest BCUT2D eigenvalue weighted by molar-refractivity contribution is 7.89. The number of benzene rings is 2. The van der Waals surface area contributed by atoms with Gasteiger partial charge in [0.05, 0.1) is 4.90 Å². The molecule has 2 rings (SSSR count). The summed E-state index contributed by atoms with van der Waals surface area (Å²) in [4.78, 5) is 0.258. The lowest BCUT2D eigenvalue weighted by Crippen LogP contribution is -2.32. The quantitative estimate of drug-likeness (QED) is 0.643. The Hall–Kier alpha value is -2.25. The Bertz CT molecular complexity index is 782. The van der Waals surface area contributed by atoms with Crippen molar-refractivity contribution in [3.63, 3.8) is 0 Å². The highest BCUT2D eigenvalue weighted by Gasteiger charge is 2.24. The maximum atomic E-state index is 12.7. The van der Waals surface area contributed by atoms with E-state index in [1.165, 1.54) is 4.31 Å². The van der Waals surface area contributed by atoms with Crippen molar-refractivity contribution in [3.05, 3.63) is 65.7 Å². The molecule has 0 aliphatic heterocycles. The summed E-state index contributed by atoms with van der Waals surface area (Å²) >= 11 is 0. The molecule has 22 heavy (non-hydrogen) atoms. The number of nitrogens with zero attached hydrogens (tertiary/aromatic N) is 1. The zero-order valence-electron chi connectivity index (χ0n) is 12.9. The van der Waals surface area contributed by atoms with Gasteiger partial charge in [-0.2, -0.15) is 0 Å². The van der Waals surface area contributed by atoms with Gasteiger partial charge in [0.1, 0.15) is 0 Å². The van der Waals surface area contributed by atoms with E-state index < -0.39 is 10.0 Å². The lowest BCUT2D eigenvalue weighted by molar-refractivity contribution is 0.458. The van der Waals surface area contributed by atoms with Gasteiger partial charge < -0.3 is 0 Å². The van der Waals surface area contributed by atoms with Crippen molar-refractivity contribution in [2.24, 2.45) is 0 Å². The summed E-state index contributed by atoms with van der Waals surface area (Å²) in [5.74, 6) is 2.91. The van der Waals surface area contributed by atoms with E-state index in [4.69, 9.17) is 0 Å². The Morgan fingerprint density at radius 2 is 1.55 bits per heavy atom. The van der Waals surface area contributed by atoms with Crippen LogP contribution in [-0.2, 0) is 10.0 Å². The van der Waals surface area contributed by atoms with Crippen LogP contribution in [-0.4, -0.2) is 18.8 Å². The van der Waals surface area contributed by atoms with Gasteiger partial charge in [0.25, 0.3) is 10.0 Å². The number of aryl methyl sites for hydroxylation is 1. The molecule has 0 aliphatic rings. The fourth-order valence-electron chi connectivity index (χ4n) is 1.93. The monoisotopic (exact) mass is 313 g/mol. The first-order chi connectivity index (χ1) is 10.4. The number of hydrogen-bond acceptors (Lipinski definition) is 2. The van der Waals surface area contributed by atoms with Crippen LogP contribution >= 0.6 is 0 Å². The first kappa shape index (κ1) is 16.1. The molecular weight excluding hydrogens is 294 g/mol. The molecule has 0 heterocycles. The molecule has 2 aromatic carbocycles. The average molecular weight is 313 g/mol. The fraction of sp³-hybridized carbons (Fsp3) is 0.222. The van der Waals surface area contributed by atoms with Gasteiger partial charge in [-0.05, 0) is 51.0 Å². The van der Waals surface area contributed by atoms with Gasteiger partial charge in [0, 0.05) is 17.6 Å². The topological polar surface area (TPSA) is 37.4 Å². The molecule has 3 nitrogen and oxygen atoms in total. The molecule has 0 unspecified atom stereocenters. The number of sulfonamides is 1. The van der Waals surface area contributed by atoms with E-state index in [0.717, 1.165) is 11.1 Å². The van der Waals surface area contributed by atoms with Crippen molar-refractivity contribution < 1.29 is 8.42 Å². The predicted molar refractivity (Wildman–Crippen MR) is 88.7 cm³/mol. The molecule has 0 aromatic heterocycles.